The van der Waals surface area contributed by atoms with Gasteiger partial charge in [0, 0.05) is 25.4 Å². The first kappa shape index (κ1) is 13.9. The Balaban J connectivity index is 1.66. The van der Waals surface area contributed by atoms with Crippen LogP contribution in [0.5, 0.6) is 11.5 Å². The first-order valence-electron chi connectivity index (χ1n) is 6.30. The van der Waals surface area contributed by atoms with Crippen LogP contribution in [0.15, 0.2) is 36.7 Å². The molecule has 0 atom stereocenters. The van der Waals surface area contributed by atoms with Gasteiger partial charge in [0.05, 0.1) is 7.11 Å². The molecule has 0 saturated carbocycles. The zero-order chi connectivity index (χ0) is 14.2. The molecule has 0 aliphatic rings. The smallest absolute Gasteiger partial charge is 0.257 e. The van der Waals surface area contributed by atoms with Gasteiger partial charge in [0.25, 0.3) is 5.91 Å². The molecule has 0 saturated heterocycles. The number of H-pyrrole nitrogens is 1. The van der Waals surface area contributed by atoms with E-state index in [1.54, 1.807) is 43.8 Å². The molecule has 0 bridgehead atoms. The molecule has 0 fully saturated rings. The van der Waals surface area contributed by atoms with Gasteiger partial charge in [-0.2, -0.15) is 0 Å². The molecule has 1 aromatic carbocycles. The van der Waals surface area contributed by atoms with Crippen LogP contribution in [0.3, 0.4) is 0 Å². The van der Waals surface area contributed by atoms with E-state index in [4.69, 9.17) is 9.47 Å². The van der Waals surface area contributed by atoms with Gasteiger partial charge < -0.3 is 19.8 Å². The van der Waals surface area contributed by atoms with Crippen LogP contribution in [0.4, 0.5) is 0 Å². The third-order valence-electron chi connectivity index (χ3n) is 2.67. The quantitative estimate of drug-likeness (QED) is 0.795. The molecule has 6 heteroatoms. The summed E-state index contributed by atoms with van der Waals surface area (Å²) in [7, 11) is 1.60. The van der Waals surface area contributed by atoms with Gasteiger partial charge in [-0.15, -0.1) is 0 Å². The Morgan fingerprint density at radius 1 is 1.30 bits per heavy atom. The lowest BCUT2D eigenvalue weighted by molar-refractivity contribution is -0.123. The number of hydrogen-bond donors (Lipinski definition) is 2. The lowest BCUT2D eigenvalue weighted by Gasteiger charge is -2.07. The Hall–Kier alpha value is -2.50. The number of imidazole rings is 1. The van der Waals surface area contributed by atoms with Crippen molar-refractivity contribution >= 4 is 5.91 Å². The molecule has 2 aromatic rings. The predicted octanol–water partition coefficient (Wildman–Crippen LogP) is 1.16. The second kappa shape index (κ2) is 7.18. The van der Waals surface area contributed by atoms with E-state index in [1.165, 1.54) is 0 Å². The summed E-state index contributed by atoms with van der Waals surface area (Å²) in [6, 6.07) is 7.08. The summed E-state index contributed by atoms with van der Waals surface area (Å²) in [4.78, 5) is 18.6. The minimum absolute atomic E-state index is 0.00944. The van der Waals surface area contributed by atoms with E-state index in [0.29, 0.717) is 18.7 Å². The van der Waals surface area contributed by atoms with E-state index < -0.39 is 0 Å². The number of methoxy groups -OCH3 is 1. The maximum absolute atomic E-state index is 11.6. The summed E-state index contributed by atoms with van der Waals surface area (Å²) in [6.07, 6.45) is 4.11. The monoisotopic (exact) mass is 275 g/mol. The molecule has 0 spiro atoms. The molecule has 2 N–H and O–H groups in total. The normalized spacial score (nSPS) is 10.1. The van der Waals surface area contributed by atoms with Crippen molar-refractivity contribution in [2.45, 2.75) is 6.42 Å². The summed E-state index contributed by atoms with van der Waals surface area (Å²) in [6.45, 7) is 0.517. The summed E-state index contributed by atoms with van der Waals surface area (Å²) in [5.74, 6) is 2.07. The highest BCUT2D eigenvalue weighted by Gasteiger charge is 2.03. The van der Waals surface area contributed by atoms with Gasteiger partial charge in [-0.25, -0.2) is 4.98 Å². The minimum Gasteiger partial charge on any atom is -0.497 e. The molecule has 2 rings (SSSR count). The highest BCUT2D eigenvalue weighted by molar-refractivity contribution is 5.77. The second-order valence-electron chi connectivity index (χ2n) is 4.10. The zero-order valence-corrected chi connectivity index (χ0v) is 11.3. The van der Waals surface area contributed by atoms with E-state index in [0.717, 1.165) is 11.6 Å². The molecule has 0 unspecified atom stereocenters. The lowest BCUT2D eigenvalue weighted by atomic mass is 10.3. The van der Waals surface area contributed by atoms with Gasteiger partial charge in [0.2, 0.25) is 0 Å². The molecule has 0 aliphatic heterocycles. The first-order valence-corrected chi connectivity index (χ1v) is 6.30. The van der Waals surface area contributed by atoms with E-state index in [1.807, 2.05) is 0 Å². The van der Waals surface area contributed by atoms with E-state index in [-0.39, 0.29) is 12.5 Å². The number of ether oxygens (including phenoxy) is 2. The van der Waals surface area contributed by atoms with Crippen LogP contribution in [-0.4, -0.2) is 36.1 Å². The molecular formula is C14H17N3O3. The number of aromatic amines is 1. The molecule has 20 heavy (non-hydrogen) atoms. The van der Waals surface area contributed by atoms with Crippen LogP contribution in [0.1, 0.15) is 5.82 Å². The highest BCUT2D eigenvalue weighted by atomic mass is 16.5. The Kier molecular flexibility index (Phi) is 5.00. The van der Waals surface area contributed by atoms with Crippen LogP contribution in [-0.2, 0) is 11.2 Å². The van der Waals surface area contributed by atoms with Crippen LogP contribution < -0.4 is 14.8 Å². The van der Waals surface area contributed by atoms with Crippen LogP contribution in [0, 0.1) is 0 Å². The average molecular weight is 275 g/mol. The van der Waals surface area contributed by atoms with Crippen molar-refractivity contribution in [1.29, 1.82) is 0 Å². The summed E-state index contributed by atoms with van der Waals surface area (Å²) < 4.78 is 10.4. The Morgan fingerprint density at radius 2 is 2.05 bits per heavy atom. The number of amides is 1. The number of nitrogens with one attached hydrogen (secondary N) is 2. The van der Waals surface area contributed by atoms with E-state index in [9.17, 15) is 4.79 Å². The molecule has 0 radical (unpaired) electrons. The molecule has 0 aliphatic carbocycles. The maximum atomic E-state index is 11.6. The molecule has 1 amide bonds. The number of carbonyl (C=O) groups is 1. The van der Waals surface area contributed by atoms with Crippen molar-refractivity contribution in [3.8, 4) is 11.5 Å². The lowest BCUT2D eigenvalue weighted by Crippen LogP contribution is -2.30. The van der Waals surface area contributed by atoms with Crippen LogP contribution in [0.2, 0.25) is 0 Å². The average Bonchev–Trinajstić information content (AvgIpc) is 2.99. The minimum atomic E-state index is -0.160. The SMILES string of the molecule is COc1ccc(OCC(=O)NCCc2ncc[nH]2)cc1. The number of nitrogens with zero attached hydrogens (tertiary/aromatic N) is 1. The van der Waals surface area contributed by atoms with Gasteiger partial charge >= 0.3 is 0 Å². The maximum Gasteiger partial charge on any atom is 0.257 e. The largest absolute Gasteiger partial charge is 0.497 e. The Labute approximate surface area is 117 Å². The zero-order valence-electron chi connectivity index (χ0n) is 11.3. The van der Waals surface area contributed by atoms with Crippen molar-refractivity contribution in [2.24, 2.45) is 0 Å². The molecule has 1 heterocycles. The van der Waals surface area contributed by atoms with Crippen LogP contribution >= 0.6 is 0 Å². The third kappa shape index (κ3) is 4.31. The first-order chi connectivity index (χ1) is 9.78. The number of rotatable bonds is 7. The van der Waals surface area contributed by atoms with Crippen molar-refractivity contribution in [3.63, 3.8) is 0 Å². The number of hydrogen-bond acceptors (Lipinski definition) is 4. The van der Waals surface area contributed by atoms with Crippen LogP contribution in [0.25, 0.3) is 0 Å². The van der Waals surface area contributed by atoms with Crippen molar-refractivity contribution in [1.82, 2.24) is 15.3 Å². The topological polar surface area (TPSA) is 76.2 Å². The number of benzene rings is 1. The van der Waals surface area contributed by atoms with E-state index in [2.05, 4.69) is 15.3 Å². The van der Waals surface area contributed by atoms with Gasteiger partial charge in [-0.1, -0.05) is 0 Å². The second-order valence-corrected chi connectivity index (χ2v) is 4.10. The third-order valence-corrected chi connectivity index (χ3v) is 2.67. The summed E-state index contributed by atoms with van der Waals surface area (Å²) in [5.41, 5.74) is 0. The van der Waals surface area contributed by atoms with E-state index >= 15 is 0 Å². The van der Waals surface area contributed by atoms with Gasteiger partial charge in [0.15, 0.2) is 6.61 Å². The Bertz CT molecular complexity index is 523. The molecule has 106 valence electrons. The molecular weight excluding hydrogens is 258 g/mol. The fraction of sp³-hybridized carbons (Fsp3) is 0.286. The van der Waals surface area contributed by atoms with Gasteiger partial charge in [-0.05, 0) is 24.3 Å². The molecule has 6 nitrogen and oxygen atoms in total. The summed E-state index contributed by atoms with van der Waals surface area (Å²) >= 11 is 0. The fourth-order valence-corrected chi connectivity index (χ4v) is 1.63. The summed E-state index contributed by atoms with van der Waals surface area (Å²) in [5, 5.41) is 2.77. The Morgan fingerprint density at radius 3 is 2.70 bits per heavy atom. The molecule has 1 aromatic heterocycles. The predicted molar refractivity (Wildman–Crippen MR) is 73.8 cm³/mol. The number of carbonyl (C=O) groups excluding carboxylic acids is 1. The number of aromatic nitrogens is 2. The van der Waals surface area contributed by atoms with Crippen molar-refractivity contribution in [3.05, 3.63) is 42.5 Å². The van der Waals surface area contributed by atoms with Gasteiger partial charge in [-0.3, -0.25) is 4.79 Å². The van der Waals surface area contributed by atoms with Crippen molar-refractivity contribution in [2.75, 3.05) is 20.3 Å². The fourth-order valence-electron chi connectivity index (χ4n) is 1.63. The van der Waals surface area contributed by atoms with Crippen molar-refractivity contribution < 1.29 is 14.3 Å². The van der Waals surface area contributed by atoms with Gasteiger partial charge in [0.1, 0.15) is 17.3 Å². The standard InChI is InChI=1S/C14H17N3O3/c1-19-11-2-4-12(5-3-11)20-10-14(18)17-7-6-13-15-8-9-16-13/h2-5,8-9H,6-7,10H2,1H3,(H,15,16)(H,17,18). The highest BCUT2D eigenvalue weighted by Crippen LogP contribution is 2.16.